The van der Waals surface area contributed by atoms with Gasteiger partial charge in [-0.1, -0.05) is 11.6 Å². The molecule has 0 aliphatic carbocycles. The number of ether oxygens (including phenoxy) is 1. The van der Waals surface area contributed by atoms with Gasteiger partial charge in [0.1, 0.15) is 5.75 Å². The van der Waals surface area contributed by atoms with Crippen molar-refractivity contribution in [1.82, 2.24) is 4.98 Å². The van der Waals surface area contributed by atoms with Crippen LogP contribution in [0.25, 0.3) is 10.9 Å². The van der Waals surface area contributed by atoms with Gasteiger partial charge in [-0.15, -0.1) is 13.2 Å². The number of benzene rings is 1. The van der Waals surface area contributed by atoms with Crippen LogP contribution in [-0.4, -0.2) is 22.4 Å². The van der Waals surface area contributed by atoms with Gasteiger partial charge in [0, 0.05) is 17.6 Å². The zero-order chi connectivity index (χ0) is 14.2. The summed E-state index contributed by atoms with van der Waals surface area (Å²) < 4.78 is 40.1. The largest absolute Gasteiger partial charge is 0.573 e. The van der Waals surface area contributed by atoms with E-state index >= 15 is 0 Å². The summed E-state index contributed by atoms with van der Waals surface area (Å²) in [6, 6.07) is 3.42. The number of carboxylic acids is 1. The fourth-order valence-electron chi connectivity index (χ4n) is 1.45. The SMILES string of the molecule is O=C(O)c1cnc2cc(OC(F)(F)F)c(Cl)cc2c1. The Balaban J connectivity index is 2.52. The Morgan fingerprint density at radius 1 is 1.32 bits per heavy atom. The van der Waals surface area contributed by atoms with Crippen molar-refractivity contribution in [2.24, 2.45) is 0 Å². The first kappa shape index (κ1) is 13.4. The highest BCUT2D eigenvalue weighted by Gasteiger charge is 2.32. The summed E-state index contributed by atoms with van der Waals surface area (Å²) in [4.78, 5) is 14.5. The summed E-state index contributed by atoms with van der Waals surface area (Å²) in [5.74, 6) is -1.78. The van der Waals surface area contributed by atoms with E-state index in [-0.39, 0.29) is 16.1 Å². The lowest BCUT2D eigenvalue weighted by atomic mass is 10.1. The minimum Gasteiger partial charge on any atom is -0.478 e. The summed E-state index contributed by atoms with van der Waals surface area (Å²) >= 11 is 5.64. The van der Waals surface area contributed by atoms with Crippen LogP contribution < -0.4 is 4.74 Å². The molecule has 0 spiro atoms. The average molecular weight is 292 g/mol. The molecule has 0 radical (unpaired) electrons. The molecule has 0 atom stereocenters. The Labute approximate surface area is 109 Å². The van der Waals surface area contributed by atoms with Gasteiger partial charge in [0.15, 0.2) is 0 Å². The minimum atomic E-state index is -4.86. The van der Waals surface area contributed by atoms with Crippen molar-refractivity contribution in [3.63, 3.8) is 0 Å². The summed E-state index contributed by atoms with van der Waals surface area (Å²) in [6.45, 7) is 0. The van der Waals surface area contributed by atoms with Crippen molar-refractivity contribution in [2.75, 3.05) is 0 Å². The zero-order valence-corrected chi connectivity index (χ0v) is 9.79. The summed E-state index contributed by atoms with van der Waals surface area (Å²) in [5, 5.41) is 8.80. The van der Waals surface area contributed by atoms with E-state index in [0.717, 1.165) is 18.3 Å². The first-order valence-electron chi connectivity index (χ1n) is 4.84. The molecule has 2 aromatic rings. The van der Waals surface area contributed by atoms with Crippen LogP contribution in [0.4, 0.5) is 13.2 Å². The molecule has 0 saturated heterocycles. The summed E-state index contributed by atoms with van der Waals surface area (Å²) in [7, 11) is 0. The number of fused-ring (bicyclic) bond motifs is 1. The van der Waals surface area contributed by atoms with E-state index in [0.29, 0.717) is 5.39 Å². The fourth-order valence-corrected chi connectivity index (χ4v) is 1.66. The Kier molecular flexibility index (Phi) is 3.23. The van der Waals surface area contributed by atoms with E-state index in [2.05, 4.69) is 9.72 Å². The second kappa shape index (κ2) is 4.58. The van der Waals surface area contributed by atoms with Gasteiger partial charge in [0.2, 0.25) is 0 Å². The second-order valence-corrected chi connectivity index (χ2v) is 3.96. The van der Waals surface area contributed by atoms with Gasteiger partial charge in [-0.05, 0) is 12.1 Å². The molecule has 100 valence electrons. The van der Waals surface area contributed by atoms with E-state index in [1.165, 1.54) is 6.07 Å². The lowest BCUT2D eigenvalue weighted by Gasteiger charge is -2.11. The molecule has 0 aliphatic rings. The molecule has 1 heterocycles. The molecule has 0 fully saturated rings. The number of halogens is 4. The predicted molar refractivity (Wildman–Crippen MR) is 60.4 cm³/mol. The third-order valence-electron chi connectivity index (χ3n) is 2.21. The second-order valence-electron chi connectivity index (χ2n) is 3.55. The molecule has 2 rings (SSSR count). The van der Waals surface area contributed by atoms with Gasteiger partial charge in [-0.3, -0.25) is 4.98 Å². The standard InChI is InChI=1S/C11H5ClF3NO3/c12-7-2-5-1-6(10(17)18)4-16-8(5)3-9(7)19-11(13,14)15/h1-4H,(H,17,18). The third kappa shape index (κ3) is 3.05. The third-order valence-corrected chi connectivity index (χ3v) is 2.50. The lowest BCUT2D eigenvalue weighted by molar-refractivity contribution is -0.274. The highest BCUT2D eigenvalue weighted by atomic mass is 35.5. The molecule has 19 heavy (non-hydrogen) atoms. The number of rotatable bonds is 2. The molecule has 0 amide bonds. The predicted octanol–water partition coefficient (Wildman–Crippen LogP) is 3.49. The molecule has 0 saturated carbocycles. The number of nitrogens with zero attached hydrogens (tertiary/aromatic N) is 1. The molecule has 1 N–H and O–H groups in total. The number of carboxylic acid groups (broad SMARTS) is 1. The van der Waals surface area contributed by atoms with Crippen molar-refractivity contribution in [1.29, 1.82) is 0 Å². The molecule has 0 aliphatic heterocycles. The lowest BCUT2D eigenvalue weighted by Crippen LogP contribution is -2.17. The van der Waals surface area contributed by atoms with Gasteiger partial charge in [-0.2, -0.15) is 0 Å². The van der Waals surface area contributed by atoms with E-state index in [1.54, 1.807) is 0 Å². The fraction of sp³-hybridized carbons (Fsp3) is 0.0909. The van der Waals surface area contributed by atoms with Gasteiger partial charge in [0.25, 0.3) is 0 Å². The Hall–Kier alpha value is -2.02. The molecule has 8 heteroatoms. The molecule has 1 aromatic heterocycles. The van der Waals surface area contributed by atoms with Crippen LogP contribution in [0.1, 0.15) is 10.4 Å². The monoisotopic (exact) mass is 291 g/mol. The first-order chi connectivity index (χ1) is 8.76. The quantitative estimate of drug-likeness (QED) is 0.920. The average Bonchev–Trinajstić information content (AvgIpc) is 2.27. The number of carbonyl (C=O) groups is 1. The Morgan fingerprint density at radius 2 is 2.00 bits per heavy atom. The van der Waals surface area contributed by atoms with Crippen LogP contribution in [0.3, 0.4) is 0 Å². The van der Waals surface area contributed by atoms with Gasteiger partial charge < -0.3 is 9.84 Å². The maximum Gasteiger partial charge on any atom is 0.573 e. The number of hydrogen-bond donors (Lipinski definition) is 1. The van der Waals surface area contributed by atoms with Crippen molar-refractivity contribution in [3.05, 3.63) is 35.0 Å². The Morgan fingerprint density at radius 3 is 2.58 bits per heavy atom. The molecular weight excluding hydrogens is 287 g/mol. The zero-order valence-electron chi connectivity index (χ0n) is 9.03. The van der Waals surface area contributed by atoms with Crippen molar-refractivity contribution in [2.45, 2.75) is 6.36 Å². The van der Waals surface area contributed by atoms with Crippen LogP contribution in [0, 0.1) is 0 Å². The number of pyridine rings is 1. The topological polar surface area (TPSA) is 59.4 Å². The van der Waals surface area contributed by atoms with E-state index in [4.69, 9.17) is 16.7 Å². The summed E-state index contributed by atoms with van der Waals surface area (Å²) in [6.07, 6.45) is -3.83. The van der Waals surface area contributed by atoms with Crippen molar-refractivity contribution in [3.8, 4) is 5.75 Å². The van der Waals surface area contributed by atoms with Crippen LogP contribution >= 0.6 is 11.6 Å². The molecule has 1 aromatic carbocycles. The highest BCUT2D eigenvalue weighted by molar-refractivity contribution is 6.32. The van der Waals surface area contributed by atoms with Crippen LogP contribution in [0.15, 0.2) is 24.4 Å². The minimum absolute atomic E-state index is 0.0898. The number of aromatic carboxylic acids is 1. The number of hydrogen-bond acceptors (Lipinski definition) is 3. The summed E-state index contributed by atoms with van der Waals surface area (Å²) in [5.41, 5.74) is 0.0571. The number of alkyl halides is 3. The van der Waals surface area contributed by atoms with Gasteiger partial charge in [0.05, 0.1) is 16.1 Å². The smallest absolute Gasteiger partial charge is 0.478 e. The maximum absolute atomic E-state index is 12.1. The van der Waals surface area contributed by atoms with Gasteiger partial charge in [-0.25, -0.2) is 4.79 Å². The van der Waals surface area contributed by atoms with Crippen molar-refractivity contribution >= 4 is 28.5 Å². The van der Waals surface area contributed by atoms with Gasteiger partial charge >= 0.3 is 12.3 Å². The number of aromatic nitrogens is 1. The van der Waals surface area contributed by atoms with Crippen LogP contribution in [0.5, 0.6) is 5.75 Å². The van der Waals surface area contributed by atoms with E-state index < -0.39 is 18.1 Å². The molecule has 0 bridgehead atoms. The molecule has 4 nitrogen and oxygen atoms in total. The first-order valence-corrected chi connectivity index (χ1v) is 5.22. The Bertz CT molecular complexity index is 657. The van der Waals surface area contributed by atoms with Crippen LogP contribution in [-0.2, 0) is 0 Å². The highest BCUT2D eigenvalue weighted by Crippen LogP contribution is 2.33. The normalized spacial score (nSPS) is 11.6. The molecular formula is C11H5ClF3NO3. The van der Waals surface area contributed by atoms with E-state index in [9.17, 15) is 18.0 Å². The van der Waals surface area contributed by atoms with Crippen molar-refractivity contribution < 1.29 is 27.8 Å². The van der Waals surface area contributed by atoms with Crippen LogP contribution in [0.2, 0.25) is 5.02 Å². The van der Waals surface area contributed by atoms with E-state index in [1.807, 2.05) is 0 Å². The maximum atomic E-state index is 12.1. The molecule has 0 unspecified atom stereocenters.